The zero-order valence-electron chi connectivity index (χ0n) is 28.3. The topological polar surface area (TPSA) is 102 Å². The molecule has 0 radical (unpaired) electrons. The van der Waals surface area contributed by atoms with Crippen molar-refractivity contribution >= 4 is 17.7 Å². The molecule has 0 aliphatic heterocycles. The molecule has 0 saturated heterocycles. The van der Waals surface area contributed by atoms with E-state index in [-0.39, 0.29) is 24.8 Å². The van der Waals surface area contributed by atoms with E-state index in [9.17, 15) is 19.5 Å². The first-order valence-electron chi connectivity index (χ1n) is 16.8. The van der Waals surface area contributed by atoms with Crippen molar-refractivity contribution in [2.45, 2.75) is 78.4 Å². The second kappa shape index (κ2) is 19.9. The number of hydrogen-bond donors (Lipinski definition) is 3. The summed E-state index contributed by atoms with van der Waals surface area (Å²) < 4.78 is 0. The van der Waals surface area contributed by atoms with E-state index in [0.717, 1.165) is 36.8 Å². The van der Waals surface area contributed by atoms with E-state index in [1.165, 1.54) is 0 Å². The van der Waals surface area contributed by atoms with Crippen LogP contribution in [0.3, 0.4) is 0 Å². The molecule has 0 heterocycles. The fraction of sp³-hybridized carbons (Fsp3) is 0.410. The van der Waals surface area contributed by atoms with Crippen molar-refractivity contribution in [3.63, 3.8) is 0 Å². The van der Waals surface area contributed by atoms with Crippen molar-refractivity contribution in [3.8, 4) is 11.8 Å². The summed E-state index contributed by atoms with van der Waals surface area (Å²) in [5.74, 6) is 5.15. The summed E-state index contributed by atoms with van der Waals surface area (Å²) in [5, 5.41) is 16.4. The average molecular weight is 639 g/mol. The Kier molecular flexibility index (Phi) is 15.7. The molecule has 3 aromatic carbocycles. The van der Waals surface area contributed by atoms with Crippen LogP contribution in [-0.2, 0) is 17.6 Å². The van der Waals surface area contributed by atoms with Gasteiger partial charge in [-0.1, -0.05) is 93.8 Å². The Bertz CT molecular complexity index is 1480. The number of carbonyl (C=O) groups is 3. The molecule has 8 nitrogen and oxygen atoms in total. The van der Waals surface area contributed by atoms with E-state index in [0.29, 0.717) is 42.7 Å². The minimum Gasteiger partial charge on any atom is -0.390 e. The van der Waals surface area contributed by atoms with Gasteiger partial charge in [0.1, 0.15) is 0 Å². The first-order chi connectivity index (χ1) is 22.8. The number of nitrogens with one attached hydrogen (secondary N) is 2. The summed E-state index contributed by atoms with van der Waals surface area (Å²) in [7, 11) is 0. The molecule has 8 heteroatoms. The van der Waals surface area contributed by atoms with Crippen LogP contribution < -0.4 is 10.7 Å². The predicted molar refractivity (Wildman–Crippen MR) is 188 cm³/mol. The third-order valence-corrected chi connectivity index (χ3v) is 7.74. The third-order valence-electron chi connectivity index (χ3n) is 7.74. The number of carbonyl (C=O) groups excluding carboxylic acids is 3. The lowest BCUT2D eigenvalue weighted by Gasteiger charge is -2.30. The van der Waals surface area contributed by atoms with Crippen LogP contribution in [0.25, 0.3) is 0 Å². The maximum Gasteiger partial charge on any atom is 0.253 e. The molecule has 3 amide bonds. The van der Waals surface area contributed by atoms with Crippen molar-refractivity contribution in [3.05, 3.63) is 107 Å². The van der Waals surface area contributed by atoms with E-state index in [4.69, 9.17) is 0 Å². The summed E-state index contributed by atoms with van der Waals surface area (Å²) in [6.07, 6.45) is 2.96. The Labute approximate surface area is 280 Å². The molecule has 3 rings (SSSR count). The zero-order valence-corrected chi connectivity index (χ0v) is 28.3. The molecule has 3 N–H and O–H groups in total. The lowest BCUT2D eigenvalue weighted by Crippen LogP contribution is -2.53. The second-order valence-corrected chi connectivity index (χ2v) is 11.8. The predicted octanol–water partition coefficient (Wildman–Crippen LogP) is 5.40. The third kappa shape index (κ3) is 12.3. The van der Waals surface area contributed by atoms with Crippen LogP contribution in [0.4, 0.5) is 0 Å². The van der Waals surface area contributed by atoms with Gasteiger partial charge in [0, 0.05) is 42.9 Å². The van der Waals surface area contributed by atoms with Gasteiger partial charge in [0.25, 0.3) is 11.8 Å². The Hall–Kier alpha value is -4.45. The van der Waals surface area contributed by atoms with Crippen LogP contribution in [0.1, 0.15) is 90.8 Å². The highest BCUT2D eigenvalue weighted by molar-refractivity contribution is 6.00. The van der Waals surface area contributed by atoms with Crippen molar-refractivity contribution < 1.29 is 19.5 Å². The van der Waals surface area contributed by atoms with Gasteiger partial charge in [-0.25, -0.2) is 5.01 Å². The van der Waals surface area contributed by atoms with Crippen LogP contribution in [0, 0.1) is 11.8 Å². The molecule has 250 valence electrons. The van der Waals surface area contributed by atoms with Gasteiger partial charge in [-0.15, -0.1) is 5.92 Å². The number of nitrogens with zero attached hydrogens (tertiary/aromatic N) is 2. The Morgan fingerprint density at radius 2 is 1.43 bits per heavy atom. The second-order valence-electron chi connectivity index (χ2n) is 11.8. The van der Waals surface area contributed by atoms with Crippen molar-refractivity contribution in [1.82, 2.24) is 20.7 Å². The minimum atomic E-state index is -1.02. The van der Waals surface area contributed by atoms with Crippen molar-refractivity contribution in [1.29, 1.82) is 0 Å². The number of amides is 3. The van der Waals surface area contributed by atoms with Crippen LogP contribution in [0.5, 0.6) is 0 Å². The van der Waals surface area contributed by atoms with E-state index >= 15 is 0 Å². The number of benzene rings is 3. The molecular weight excluding hydrogens is 588 g/mol. The van der Waals surface area contributed by atoms with Gasteiger partial charge < -0.3 is 15.3 Å². The standard InChI is InChI=1S/C39H50N4O4/c1-5-9-23-43(41-37(45)27-31-19-14-11-15-20-31)29-36(44)35(26-30-17-12-10-13-18-30)40-38(46)33-24-32(16-6-2)25-34(28-33)39(47)42(21-7-3)22-8-4/h10-15,17-20,24-25,28,35-36,44H,5,7-9,21-23,26-27,29H2,1-4H3,(H,40,46)(H,41,45). The summed E-state index contributed by atoms with van der Waals surface area (Å²) >= 11 is 0. The number of rotatable bonds is 18. The highest BCUT2D eigenvalue weighted by atomic mass is 16.3. The molecular formula is C39H50N4O4. The molecule has 47 heavy (non-hydrogen) atoms. The van der Waals surface area contributed by atoms with Crippen LogP contribution in [0.2, 0.25) is 0 Å². The summed E-state index contributed by atoms with van der Waals surface area (Å²) in [6, 6.07) is 23.5. The maximum absolute atomic E-state index is 13.9. The molecule has 3 aromatic rings. The highest BCUT2D eigenvalue weighted by Gasteiger charge is 2.26. The highest BCUT2D eigenvalue weighted by Crippen LogP contribution is 2.16. The zero-order chi connectivity index (χ0) is 34.0. The van der Waals surface area contributed by atoms with E-state index in [2.05, 4.69) is 29.5 Å². The molecule has 2 unspecified atom stereocenters. The van der Waals surface area contributed by atoms with Gasteiger partial charge >= 0.3 is 0 Å². The van der Waals surface area contributed by atoms with Gasteiger partial charge in [0.05, 0.1) is 18.6 Å². The van der Waals surface area contributed by atoms with Gasteiger partial charge in [0.2, 0.25) is 5.91 Å². The van der Waals surface area contributed by atoms with Gasteiger partial charge in [0.15, 0.2) is 0 Å². The molecule has 0 aromatic heterocycles. The minimum absolute atomic E-state index is 0.117. The quantitative estimate of drug-likeness (QED) is 0.128. The molecule has 2 atom stereocenters. The van der Waals surface area contributed by atoms with E-state index in [1.807, 2.05) is 74.5 Å². The number of aliphatic hydroxyl groups is 1. The molecule has 0 bridgehead atoms. The Balaban J connectivity index is 1.87. The van der Waals surface area contributed by atoms with Crippen molar-refractivity contribution in [2.75, 3.05) is 26.2 Å². The first-order valence-corrected chi connectivity index (χ1v) is 16.8. The molecule has 0 spiro atoms. The first kappa shape index (κ1) is 37.0. The number of unbranched alkanes of at least 4 members (excludes halogenated alkanes) is 1. The largest absolute Gasteiger partial charge is 0.390 e. The summed E-state index contributed by atoms with van der Waals surface area (Å²) in [4.78, 5) is 42.1. The van der Waals surface area contributed by atoms with Crippen molar-refractivity contribution in [2.24, 2.45) is 0 Å². The van der Waals surface area contributed by atoms with Gasteiger partial charge in [-0.2, -0.15) is 0 Å². The monoisotopic (exact) mass is 638 g/mol. The number of hydrazine groups is 1. The Morgan fingerprint density at radius 1 is 0.809 bits per heavy atom. The van der Waals surface area contributed by atoms with E-state index < -0.39 is 18.1 Å². The lowest BCUT2D eigenvalue weighted by molar-refractivity contribution is -0.126. The van der Waals surface area contributed by atoms with Crippen LogP contribution in [-0.4, -0.2) is 71.1 Å². The molecule has 0 aliphatic carbocycles. The smallest absolute Gasteiger partial charge is 0.253 e. The summed E-state index contributed by atoms with van der Waals surface area (Å²) in [5.41, 5.74) is 6.09. The maximum atomic E-state index is 13.9. The van der Waals surface area contributed by atoms with Crippen LogP contribution in [0.15, 0.2) is 78.9 Å². The average Bonchev–Trinajstić information content (AvgIpc) is 3.07. The number of aliphatic hydroxyl groups excluding tert-OH is 1. The molecule has 0 saturated carbocycles. The SMILES string of the molecule is CC#Cc1cc(C(=O)NC(Cc2ccccc2)C(O)CN(CCCC)NC(=O)Cc2ccccc2)cc(C(=O)N(CCC)CCC)c1. The number of hydrogen-bond acceptors (Lipinski definition) is 5. The van der Waals surface area contributed by atoms with E-state index in [1.54, 1.807) is 35.0 Å². The lowest BCUT2D eigenvalue weighted by atomic mass is 9.99. The summed E-state index contributed by atoms with van der Waals surface area (Å²) in [6.45, 7) is 9.76. The Morgan fingerprint density at radius 3 is 2.02 bits per heavy atom. The molecule has 0 fully saturated rings. The normalized spacial score (nSPS) is 12.0. The fourth-order valence-electron chi connectivity index (χ4n) is 5.43. The molecule has 0 aliphatic rings. The van der Waals surface area contributed by atoms with Gasteiger partial charge in [-0.05, 0) is 61.9 Å². The van der Waals surface area contributed by atoms with Gasteiger partial charge in [-0.3, -0.25) is 19.8 Å². The fourth-order valence-corrected chi connectivity index (χ4v) is 5.43. The van der Waals surface area contributed by atoms with Crippen LogP contribution >= 0.6 is 0 Å².